The summed E-state index contributed by atoms with van der Waals surface area (Å²) in [6.45, 7) is 0.772. The van der Waals surface area contributed by atoms with Gasteiger partial charge in [-0.15, -0.1) is 10.2 Å². The average Bonchev–Trinajstić information content (AvgIpc) is 3.26. The molecule has 4 rings (SSSR count). The topological polar surface area (TPSA) is 48.0 Å². The maximum Gasteiger partial charge on any atom is 0.211 e. The minimum Gasteiger partial charge on any atom is -0.342 e. The maximum atomic E-state index is 5.99. The maximum absolute atomic E-state index is 5.99. The van der Waals surface area contributed by atoms with Crippen LogP contribution in [-0.2, 0) is 6.54 Å². The summed E-state index contributed by atoms with van der Waals surface area (Å²) in [5.41, 5.74) is 3.41. The van der Waals surface area contributed by atoms with E-state index < -0.39 is 0 Å². The van der Waals surface area contributed by atoms with Gasteiger partial charge in [0.1, 0.15) is 6.33 Å². The van der Waals surface area contributed by atoms with E-state index >= 15 is 0 Å². The third-order valence-corrected chi connectivity index (χ3v) is 4.98. The molecule has 26 heavy (non-hydrogen) atoms. The van der Waals surface area contributed by atoms with Crippen molar-refractivity contribution in [2.24, 2.45) is 5.10 Å². The van der Waals surface area contributed by atoms with Crippen molar-refractivity contribution in [2.45, 2.75) is 11.7 Å². The zero-order valence-electron chi connectivity index (χ0n) is 14.1. The second-order valence-electron chi connectivity index (χ2n) is 5.76. The van der Waals surface area contributed by atoms with Gasteiger partial charge in [-0.05, 0) is 30.0 Å². The standard InChI is InChI=1S/C19H16ClN5S/c1-26-19-23-21-13-25(19)22-10-15-12-24(18-5-3-2-4-17(15)18)11-14-6-8-16(20)9-7-14/h2-10,12-13H,11H2,1H3/b22-10-. The summed E-state index contributed by atoms with van der Waals surface area (Å²) in [7, 11) is 0. The Morgan fingerprint density at radius 3 is 2.77 bits per heavy atom. The zero-order chi connectivity index (χ0) is 17.9. The second-order valence-corrected chi connectivity index (χ2v) is 6.97. The molecule has 0 N–H and O–H groups in total. The molecule has 0 aliphatic heterocycles. The van der Waals surface area contributed by atoms with Crippen LogP contribution in [0.3, 0.4) is 0 Å². The fourth-order valence-electron chi connectivity index (χ4n) is 2.85. The fourth-order valence-corrected chi connectivity index (χ4v) is 3.39. The van der Waals surface area contributed by atoms with Crippen molar-refractivity contribution in [2.75, 3.05) is 6.26 Å². The van der Waals surface area contributed by atoms with Crippen LogP contribution >= 0.6 is 23.4 Å². The zero-order valence-corrected chi connectivity index (χ0v) is 15.7. The van der Waals surface area contributed by atoms with E-state index in [0.29, 0.717) is 0 Å². The van der Waals surface area contributed by atoms with Crippen LogP contribution in [0.5, 0.6) is 0 Å². The van der Waals surface area contributed by atoms with Crippen molar-refractivity contribution in [1.29, 1.82) is 0 Å². The summed E-state index contributed by atoms with van der Waals surface area (Å²) >= 11 is 7.50. The largest absolute Gasteiger partial charge is 0.342 e. The van der Waals surface area contributed by atoms with Gasteiger partial charge in [-0.3, -0.25) is 0 Å². The van der Waals surface area contributed by atoms with E-state index in [0.717, 1.165) is 33.2 Å². The molecule has 5 nitrogen and oxygen atoms in total. The number of rotatable bonds is 5. The van der Waals surface area contributed by atoms with Crippen LogP contribution in [0.4, 0.5) is 0 Å². The molecular weight excluding hydrogens is 366 g/mol. The first-order valence-electron chi connectivity index (χ1n) is 8.05. The first-order valence-corrected chi connectivity index (χ1v) is 9.65. The van der Waals surface area contributed by atoms with Gasteiger partial charge in [0.2, 0.25) is 5.16 Å². The van der Waals surface area contributed by atoms with E-state index in [2.05, 4.69) is 38.2 Å². The second kappa shape index (κ2) is 7.35. The predicted molar refractivity (Wildman–Crippen MR) is 107 cm³/mol. The molecule has 0 unspecified atom stereocenters. The van der Waals surface area contributed by atoms with Crippen LogP contribution in [0.2, 0.25) is 5.02 Å². The summed E-state index contributed by atoms with van der Waals surface area (Å²) in [4.78, 5) is 0. The minimum absolute atomic E-state index is 0.748. The quantitative estimate of drug-likeness (QED) is 0.376. The molecule has 2 aromatic carbocycles. The Morgan fingerprint density at radius 2 is 1.96 bits per heavy atom. The molecule has 130 valence electrons. The van der Waals surface area contributed by atoms with Crippen molar-refractivity contribution in [1.82, 2.24) is 19.4 Å². The first-order chi connectivity index (χ1) is 12.7. The molecule has 0 aliphatic carbocycles. The van der Waals surface area contributed by atoms with Crippen LogP contribution in [-0.4, -0.2) is 31.9 Å². The van der Waals surface area contributed by atoms with Crippen LogP contribution in [0.25, 0.3) is 10.9 Å². The summed E-state index contributed by atoms with van der Waals surface area (Å²) in [6, 6.07) is 16.2. The predicted octanol–water partition coefficient (Wildman–Crippen LogP) is 4.54. The van der Waals surface area contributed by atoms with Crippen molar-refractivity contribution in [3.8, 4) is 0 Å². The smallest absolute Gasteiger partial charge is 0.211 e. The number of hydrogen-bond acceptors (Lipinski definition) is 4. The van der Waals surface area contributed by atoms with Crippen molar-refractivity contribution in [3.63, 3.8) is 0 Å². The molecule has 0 atom stereocenters. The van der Waals surface area contributed by atoms with Gasteiger partial charge in [0.25, 0.3) is 0 Å². The molecule has 0 saturated carbocycles. The molecule has 2 heterocycles. The van der Waals surface area contributed by atoms with Crippen molar-refractivity contribution >= 4 is 40.5 Å². The fraction of sp³-hybridized carbons (Fsp3) is 0.105. The highest BCUT2D eigenvalue weighted by Gasteiger charge is 2.08. The number of aromatic nitrogens is 4. The van der Waals surface area contributed by atoms with Gasteiger partial charge >= 0.3 is 0 Å². The monoisotopic (exact) mass is 381 g/mol. The highest BCUT2D eigenvalue weighted by atomic mass is 35.5. The molecule has 0 radical (unpaired) electrons. The lowest BCUT2D eigenvalue weighted by molar-refractivity contribution is 0.768. The molecule has 2 aromatic heterocycles. The summed E-state index contributed by atoms with van der Waals surface area (Å²) < 4.78 is 3.90. The first kappa shape index (κ1) is 16.9. The Kier molecular flexibility index (Phi) is 4.77. The lowest BCUT2D eigenvalue weighted by atomic mass is 10.2. The summed E-state index contributed by atoms with van der Waals surface area (Å²) in [5.74, 6) is 0. The molecule has 0 aliphatic rings. The lowest BCUT2D eigenvalue weighted by Gasteiger charge is -2.05. The number of halogens is 1. The van der Waals surface area contributed by atoms with E-state index in [4.69, 9.17) is 11.6 Å². The van der Waals surface area contributed by atoms with Gasteiger partial charge in [0.15, 0.2) is 0 Å². The molecule has 0 amide bonds. The van der Waals surface area contributed by atoms with Gasteiger partial charge in [0.05, 0.1) is 6.21 Å². The van der Waals surface area contributed by atoms with Crippen LogP contribution in [0, 0.1) is 0 Å². The van der Waals surface area contributed by atoms with Crippen LogP contribution in [0.1, 0.15) is 11.1 Å². The highest BCUT2D eigenvalue weighted by molar-refractivity contribution is 7.98. The van der Waals surface area contributed by atoms with E-state index in [1.807, 2.05) is 48.9 Å². The molecule has 0 saturated heterocycles. The Bertz CT molecular complexity index is 1070. The summed E-state index contributed by atoms with van der Waals surface area (Å²) in [6.07, 6.45) is 7.53. The van der Waals surface area contributed by atoms with E-state index in [1.165, 1.54) is 17.3 Å². The molecule has 0 bridgehead atoms. The normalized spacial score (nSPS) is 11.6. The third-order valence-electron chi connectivity index (χ3n) is 4.09. The van der Waals surface area contributed by atoms with E-state index in [9.17, 15) is 0 Å². The number of hydrogen-bond donors (Lipinski definition) is 0. The van der Waals surface area contributed by atoms with Gasteiger partial charge in [-0.25, -0.2) is 0 Å². The Hall–Kier alpha value is -2.57. The van der Waals surface area contributed by atoms with Crippen LogP contribution in [0.15, 0.2) is 71.3 Å². The Labute approximate surface area is 160 Å². The lowest BCUT2D eigenvalue weighted by Crippen LogP contribution is -1.97. The van der Waals surface area contributed by atoms with Gasteiger partial charge in [-0.1, -0.05) is 53.7 Å². The highest BCUT2D eigenvalue weighted by Crippen LogP contribution is 2.22. The van der Waals surface area contributed by atoms with Gasteiger partial charge < -0.3 is 4.57 Å². The Morgan fingerprint density at radius 1 is 1.15 bits per heavy atom. The van der Waals surface area contributed by atoms with Gasteiger partial charge in [0, 0.05) is 34.2 Å². The van der Waals surface area contributed by atoms with Crippen LogP contribution < -0.4 is 0 Å². The SMILES string of the molecule is CSc1nncn1/N=C\c1cn(Cc2ccc(Cl)cc2)c2ccccc12. The molecule has 0 spiro atoms. The third kappa shape index (κ3) is 3.38. The number of nitrogens with zero attached hydrogens (tertiary/aromatic N) is 5. The number of para-hydroxylation sites is 1. The van der Waals surface area contributed by atoms with E-state index in [-0.39, 0.29) is 0 Å². The number of thioether (sulfide) groups is 1. The summed E-state index contributed by atoms with van der Waals surface area (Å²) in [5, 5.41) is 15.1. The minimum atomic E-state index is 0.748. The van der Waals surface area contributed by atoms with Gasteiger partial charge in [-0.2, -0.15) is 9.78 Å². The molecule has 0 fully saturated rings. The average molecular weight is 382 g/mol. The molecular formula is C19H16ClN5S. The molecule has 4 aromatic rings. The van der Waals surface area contributed by atoms with Crippen molar-refractivity contribution in [3.05, 3.63) is 77.2 Å². The molecule has 7 heteroatoms. The Balaban J connectivity index is 1.70. The number of benzene rings is 2. The number of fused-ring (bicyclic) bond motifs is 1. The van der Waals surface area contributed by atoms with E-state index in [1.54, 1.807) is 11.0 Å². The van der Waals surface area contributed by atoms with Crippen molar-refractivity contribution < 1.29 is 0 Å².